The van der Waals surface area contributed by atoms with E-state index in [9.17, 15) is 19.8 Å². The zero-order chi connectivity index (χ0) is 28.7. The maximum atomic E-state index is 13.9. The number of carboxylic acid groups (broad SMARTS) is 1. The average molecular weight is 532 g/mol. The molecule has 0 aromatic heterocycles. The second-order valence-corrected chi connectivity index (χ2v) is 12.8. The molecule has 2 rings (SSSR count). The van der Waals surface area contributed by atoms with Gasteiger partial charge in [0, 0.05) is 23.9 Å². The highest BCUT2D eigenvalue weighted by Gasteiger charge is 2.50. The molecule has 0 spiro atoms. The average Bonchev–Trinajstić information content (AvgIpc) is 2.83. The van der Waals surface area contributed by atoms with Gasteiger partial charge < -0.3 is 14.9 Å². The van der Waals surface area contributed by atoms with Gasteiger partial charge >= 0.3 is 11.9 Å². The number of piperidine rings is 1. The predicted octanol–water partition coefficient (Wildman–Crippen LogP) is 7.08. The van der Waals surface area contributed by atoms with Gasteiger partial charge in [0.15, 0.2) is 5.41 Å². The van der Waals surface area contributed by atoms with Crippen LogP contribution in [0.15, 0.2) is 12.1 Å². The number of likely N-dealkylation sites (tertiary alicyclic amines) is 1. The van der Waals surface area contributed by atoms with Crippen molar-refractivity contribution in [1.29, 1.82) is 0 Å². The summed E-state index contributed by atoms with van der Waals surface area (Å²) in [5.74, 6) is -1.43. The van der Waals surface area contributed by atoms with Crippen LogP contribution >= 0.6 is 0 Å². The van der Waals surface area contributed by atoms with Crippen LogP contribution in [0.1, 0.15) is 123 Å². The smallest absolute Gasteiger partial charge is 0.324 e. The Morgan fingerprint density at radius 1 is 0.947 bits per heavy atom. The molecule has 1 heterocycles. The van der Waals surface area contributed by atoms with E-state index in [0.29, 0.717) is 25.0 Å². The summed E-state index contributed by atoms with van der Waals surface area (Å²) in [4.78, 5) is 29.2. The highest BCUT2D eigenvalue weighted by atomic mass is 16.5. The molecule has 1 fully saturated rings. The molecule has 1 saturated heterocycles. The Labute approximate surface area is 231 Å². The number of carbonyl (C=O) groups is 2. The van der Waals surface area contributed by atoms with E-state index in [0.717, 1.165) is 61.6 Å². The van der Waals surface area contributed by atoms with Crippen molar-refractivity contribution in [3.8, 4) is 5.75 Å². The Hall–Kier alpha value is -2.08. The van der Waals surface area contributed by atoms with Crippen molar-refractivity contribution in [2.45, 2.75) is 143 Å². The Morgan fingerprint density at radius 3 is 1.84 bits per heavy atom. The Bertz CT molecular complexity index is 906. The first-order valence-corrected chi connectivity index (χ1v) is 14.8. The number of rotatable bonds is 14. The molecule has 6 nitrogen and oxygen atoms in total. The number of aryl methyl sites for hydroxylation is 2. The molecule has 2 N–H and O–H groups in total. The van der Waals surface area contributed by atoms with Crippen molar-refractivity contribution in [2.24, 2.45) is 5.41 Å². The van der Waals surface area contributed by atoms with E-state index in [4.69, 9.17) is 4.74 Å². The van der Waals surface area contributed by atoms with E-state index in [1.165, 1.54) is 0 Å². The summed E-state index contributed by atoms with van der Waals surface area (Å²) in [6, 6.07) is 3.83. The van der Waals surface area contributed by atoms with Crippen LogP contribution in [0.2, 0.25) is 0 Å². The van der Waals surface area contributed by atoms with E-state index in [2.05, 4.69) is 53.5 Å². The lowest BCUT2D eigenvalue weighted by Gasteiger charge is -2.53. The first kappa shape index (κ1) is 32.1. The summed E-state index contributed by atoms with van der Waals surface area (Å²) >= 11 is 0. The fourth-order valence-corrected chi connectivity index (χ4v) is 6.04. The van der Waals surface area contributed by atoms with Crippen LogP contribution in [0.25, 0.3) is 0 Å². The maximum Gasteiger partial charge on any atom is 0.324 e. The van der Waals surface area contributed by atoms with Crippen molar-refractivity contribution in [2.75, 3.05) is 7.05 Å². The van der Waals surface area contributed by atoms with Crippen molar-refractivity contribution in [3.63, 3.8) is 0 Å². The van der Waals surface area contributed by atoms with Crippen LogP contribution in [0.3, 0.4) is 0 Å². The summed E-state index contributed by atoms with van der Waals surface area (Å²) in [6.45, 7) is 14.8. The molecule has 1 aromatic carbocycles. The standard InChI is InChI=1S/C32H53NO5/c1-9-12-15-24-18-23(19-25(27(24)34)16-13-10-2)20-32(28(35)36,17-14-11-3)29(37)38-26-21-30(4,5)33(8)31(6,7)22-26/h18-19,26,34H,9-17,20-22H2,1-8H3,(H,35,36). The highest BCUT2D eigenvalue weighted by Crippen LogP contribution is 2.41. The molecule has 1 atom stereocenters. The van der Waals surface area contributed by atoms with Gasteiger partial charge in [0.1, 0.15) is 11.9 Å². The van der Waals surface area contributed by atoms with Gasteiger partial charge in [-0.05, 0) is 90.0 Å². The summed E-state index contributed by atoms with van der Waals surface area (Å²) in [5, 5.41) is 21.5. The Morgan fingerprint density at radius 2 is 1.42 bits per heavy atom. The number of aliphatic carboxylic acids is 1. The number of carbonyl (C=O) groups excluding carboxylic acids is 1. The number of unbranched alkanes of at least 4 members (excludes halogenated alkanes) is 3. The van der Waals surface area contributed by atoms with Gasteiger partial charge in [-0.3, -0.25) is 14.5 Å². The summed E-state index contributed by atoms with van der Waals surface area (Å²) in [7, 11) is 2.10. The number of benzene rings is 1. The molecule has 0 bridgehead atoms. The van der Waals surface area contributed by atoms with Crippen LogP contribution < -0.4 is 0 Å². The minimum Gasteiger partial charge on any atom is -0.507 e. The van der Waals surface area contributed by atoms with E-state index >= 15 is 0 Å². The number of ether oxygens (including phenoxy) is 1. The topological polar surface area (TPSA) is 87.1 Å². The number of phenolic OH excluding ortho intramolecular Hbond substituents is 1. The van der Waals surface area contributed by atoms with Crippen LogP contribution in [0, 0.1) is 5.41 Å². The molecule has 38 heavy (non-hydrogen) atoms. The van der Waals surface area contributed by atoms with E-state index in [1.807, 2.05) is 19.1 Å². The minimum atomic E-state index is -1.66. The number of esters is 1. The minimum absolute atomic E-state index is 0.0686. The maximum absolute atomic E-state index is 13.9. The Kier molecular flexibility index (Phi) is 11.3. The van der Waals surface area contributed by atoms with Crippen molar-refractivity contribution in [3.05, 3.63) is 28.8 Å². The molecular weight excluding hydrogens is 478 g/mol. The van der Waals surface area contributed by atoms with Gasteiger partial charge in [-0.15, -0.1) is 0 Å². The van der Waals surface area contributed by atoms with Crippen molar-refractivity contribution >= 4 is 11.9 Å². The molecule has 0 amide bonds. The van der Waals surface area contributed by atoms with Crippen LogP contribution in [-0.2, 0) is 33.6 Å². The summed E-state index contributed by atoms with van der Waals surface area (Å²) < 4.78 is 6.13. The lowest BCUT2D eigenvalue weighted by atomic mass is 9.75. The summed E-state index contributed by atoms with van der Waals surface area (Å²) in [5.41, 5.74) is 0.464. The van der Waals surface area contributed by atoms with Crippen molar-refractivity contribution in [1.82, 2.24) is 4.90 Å². The van der Waals surface area contributed by atoms with Crippen molar-refractivity contribution < 1.29 is 24.5 Å². The van der Waals surface area contributed by atoms with E-state index in [1.54, 1.807) is 0 Å². The first-order valence-electron chi connectivity index (χ1n) is 14.8. The number of hydrogen-bond donors (Lipinski definition) is 2. The molecule has 1 aliphatic heterocycles. The third kappa shape index (κ3) is 7.52. The second-order valence-electron chi connectivity index (χ2n) is 12.8. The Balaban J connectivity index is 2.48. The molecule has 216 valence electrons. The molecule has 1 unspecified atom stereocenters. The number of hydrogen-bond acceptors (Lipinski definition) is 5. The fraction of sp³-hybridized carbons (Fsp3) is 0.750. The number of nitrogens with zero attached hydrogens (tertiary/aromatic N) is 1. The SMILES string of the molecule is CCCCc1cc(CC(CCCC)(C(=O)O)C(=O)OC2CC(C)(C)N(C)C(C)(C)C2)cc(CCCC)c1O. The number of aromatic hydroxyl groups is 1. The first-order chi connectivity index (χ1) is 17.7. The van der Waals surface area contributed by atoms with Crippen LogP contribution in [-0.4, -0.2) is 51.3 Å². The highest BCUT2D eigenvalue weighted by molar-refractivity contribution is 5.99. The number of phenols is 1. The quantitative estimate of drug-likeness (QED) is 0.197. The van der Waals surface area contributed by atoms with Gasteiger partial charge in [-0.2, -0.15) is 0 Å². The fourth-order valence-electron chi connectivity index (χ4n) is 6.04. The van der Waals surface area contributed by atoms with Gasteiger partial charge in [0.05, 0.1) is 0 Å². The third-order valence-corrected chi connectivity index (χ3v) is 8.73. The van der Waals surface area contributed by atoms with E-state index < -0.39 is 17.4 Å². The lowest BCUT2D eigenvalue weighted by molar-refractivity contribution is -0.179. The van der Waals surface area contributed by atoms with Gasteiger partial charge in [-0.25, -0.2) is 0 Å². The largest absolute Gasteiger partial charge is 0.507 e. The third-order valence-electron chi connectivity index (χ3n) is 8.73. The summed E-state index contributed by atoms with van der Waals surface area (Å²) in [6.07, 6.45) is 8.01. The molecule has 1 aromatic rings. The number of carboxylic acids is 1. The predicted molar refractivity (Wildman–Crippen MR) is 154 cm³/mol. The lowest BCUT2D eigenvalue weighted by Crippen LogP contribution is -2.60. The molecule has 0 saturated carbocycles. The van der Waals surface area contributed by atoms with Gasteiger partial charge in [-0.1, -0.05) is 58.6 Å². The molecule has 1 aliphatic rings. The zero-order valence-electron chi connectivity index (χ0n) is 25.3. The molecule has 6 heteroatoms. The molecule has 0 aliphatic carbocycles. The van der Waals surface area contributed by atoms with Crippen LogP contribution in [0.5, 0.6) is 5.75 Å². The van der Waals surface area contributed by atoms with Gasteiger partial charge in [0.2, 0.25) is 0 Å². The normalized spacial score (nSPS) is 19.2. The molecule has 0 radical (unpaired) electrons. The zero-order valence-corrected chi connectivity index (χ0v) is 25.3. The monoisotopic (exact) mass is 531 g/mol. The second kappa shape index (κ2) is 13.3. The molecular formula is C32H53NO5. The van der Waals surface area contributed by atoms with Gasteiger partial charge in [0.25, 0.3) is 0 Å². The van der Waals surface area contributed by atoms with E-state index in [-0.39, 0.29) is 30.0 Å². The van der Waals surface area contributed by atoms with Crippen LogP contribution in [0.4, 0.5) is 0 Å².